The van der Waals surface area contributed by atoms with Gasteiger partial charge in [0.25, 0.3) is 11.8 Å². The number of aromatic nitrogens is 1. The standard InChI is InChI=1S/C20H20N4O4S2/c1-12(29-20-23-14-5-3-4-6-17(14)30-20)19(26)24-22-10-13-7-8-15(16(9-13)27-2)28-11-18(21)25/h3-10,12H,11H2,1-2H3,(H2,21,25)(H,24,26)/b22-10-/t12-/m0/s1. The first-order valence-corrected chi connectivity index (χ1v) is 10.6. The molecule has 10 heteroatoms. The van der Waals surface area contributed by atoms with Crippen molar-refractivity contribution in [1.29, 1.82) is 0 Å². The quantitative estimate of drug-likeness (QED) is 0.298. The number of hydrazone groups is 1. The number of fused-ring (bicyclic) bond motifs is 1. The number of methoxy groups -OCH3 is 1. The predicted octanol–water partition coefficient (Wildman–Crippen LogP) is 2.80. The van der Waals surface area contributed by atoms with Crippen LogP contribution in [0.15, 0.2) is 51.9 Å². The minimum absolute atomic E-state index is 0.233. The molecule has 1 heterocycles. The first-order chi connectivity index (χ1) is 14.5. The van der Waals surface area contributed by atoms with Gasteiger partial charge in [-0.15, -0.1) is 11.3 Å². The van der Waals surface area contributed by atoms with Crippen LogP contribution in [0, 0.1) is 0 Å². The molecule has 0 spiro atoms. The Morgan fingerprint density at radius 2 is 2.10 bits per heavy atom. The Hall–Kier alpha value is -3.11. The van der Waals surface area contributed by atoms with Gasteiger partial charge in [-0.25, -0.2) is 10.4 Å². The second kappa shape index (κ2) is 10.1. The molecule has 156 valence electrons. The van der Waals surface area contributed by atoms with Gasteiger partial charge in [0.2, 0.25) is 0 Å². The molecule has 0 aliphatic rings. The van der Waals surface area contributed by atoms with Gasteiger partial charge in [-0.3, -0.25) is 9.59 Å². The second-order valence-corrected chi connectivity index (χ2v) is 8.73. The topological polar surface area (TPSA) is 116 Å². The Balaban J connectivity index is 1.57. The molecule has 0 unspecified atom stereocenters. The molecule has 8 nitrogen and oxygen atoms in total. The number of amides is 2. The van der Waals surface area contributed by atoms with Gasteiger partial charge in [-0.05, 0) is 42.8 Å². The summed E-state index contributed by atoms with van der Waals surface area (Å²) in [4.78, 5) is 27.7. The molecule has 2 amide bonds. The number of hydrogen-bond donors (Lipinski definition) is 2. The summed E-state index contributed by atoms with van der Waals surface area (Å²) >= 11 is 2.94. The summed E-state index contributed by atoms with van der Waals surface area (Å²) in [6, 6.07) is 12.9. The molecule has 0 aliphatic heterocycles. The van der Waals surface area contributed by atoms with Gasteiger partial charge < -0.3 is 15.2 Å². The second-order valence-electron chi connectivity index (χ2n) is 6.11. The van der Waals surface area contributed by atoms with Crippen molar-refractivity contribution in [3.63, 3.8) is 0 Å². The van der Waals surface area contributed by atoms with Crippen molar-refractivity contribution in [2.24, 2.45) is 10.8 Å². The largest absolute Gasteiger partial charge is 0.493 e. The van der Waals surface area contributed by atoms with Gasteiger partial charge in [-0.2, -0.15) is 5.10 Å². The highest BCUT2D eigenvalue weighted by atomic mass is 32.2. The maximum Gasteiger partial charge on any atom is 0.255 e. The Labute approximate surface area is 181 Å². The first-order valence-electron chi connectivity index (χ1n) is 8.90. The predicted molar refractivity (Wildman–Crippen MR) is 118 cm³/mol. The van der Waals surface area contributed by atoms with Crippen LogP contribution in [0.3, 0.4) is 0 Å². The summed E-state index contributed by atoms with van der Waals surface area (Å²) in [5.41, 5.74) is 9.22. The minimum atomic E-state index is -0.580. The van der Waals surface area contributed by atoms with Crippen LogP contribution < -0.4 is 20.6 Å². The lowest BCUT2D eigenvalue weighted by Crippen LogP contribution is -2.26. The molecular weight excluding hydrogens is 424 g/mol. The number of ether oxygens (including phenoxy) is 2. The zero-order valence-corrected chi connectivity index (χ0v) is 18.0. The molecule has 1 aromatic heterocycles. The highest BCUT2D eigenvalue weighted by Gasteiger charge is 2.16. The van der Waals surface area contributed by atoms with Crippen LogP contribution in [-0.2, 0) is 9.59 Å². The normalized spacial score (nSPS) is 12.1. The number of nitrogens with two attached hydrogens (primary N) is 1. The number of rotatable bonds is 9. The van der Waals surface area contributed by atoms with Gasteiger partial charge in [0.05, 0.1) is 28.8 Å². The van der Waals surface area contributed by atoms with Crippen molar-refractivity contribution >= 4 is 51.3 Å². The van der Waals surface area contributed by atoms with Gasteiger partial charge >= 0.3 is 0 Å². The number of carbonyl (C=O) groups is 2. The summed E-state index contributed by atoms with van der Waals surface area (Å²) in [7, 11) is 1.48. The summed E-state index contributed by atoms with van der Waals surface area (Å²) in [6.07, 6.45) is 1.49. The third-order valence-corrected chi connectivity index (χ3v) is 6.10. The van der Waals surface area contributed by atoms with Gasteiger partial charge in [0, 0.05) is 0 Å². The molecule has 30 heavy (non-hydrogen) atoms. The van der Waals surface area contributed by atoms with E-state index in [-0.39, 0.29) is 17.8 Å². The van der Waals surface area contributed by atoms with Crippen molar-refractivity contribution < 1.29 is 19.1 Å². The molecule has 1 atom stereocenters. The number of thioether (sulfide) groups is 1. The van der Waals surface area contributed by atoms with E-state index >= 15 is 0 Å². The summed E-state index contributed by atoms with van der Waals surface area (Å²) in [5, 5.41) is 3.64. The van der Waals surface area contributed by atoms with Crippen molar-refractivity contribution in [3.05, 3.63) is 48.0 Å². The number of thiazole rings is 1. The van der Waals surface area contributed by atoms with E-state index in [4.69, 9.17) is 15.2 Å². The zero-order valence-electron chi connectivity index (χ0n) is 16.3. The van der Waals surface area contributed by atoms with E-state index in [0.29, 0.717) is 17.1 Å². The Morgan fingerprint density at radius 1 is 1.30 bits per heavy atom. The summed E-state index contributed by atoms with van der Waals surface area (Å²) in [5.74, 6) is -0.00301. The molecule has 0 fully saturated rings. The fourth-order valence-electron chi connectivity index (χ4n) is 2.40. The molecule has 0 saturated heterocycles. The third kappa shape index (κ3) is 5.71. The highest BCUT2D eigenvalue weighted by Crippen LogP contribution is 2.32. The van der Waals surface area contributed by atoms with E-state index in [1.165, 1.54) is 25.1 Å². The number of hydrogen-bond acceptors (Lipinski definition) is 8. The fraction of sp³-hybridized carbons (Fsp3) is 0.200. The molecule has 3 rings (SSSR count). The maximum atomic E-state index is 12.3. The number of para-hydroxylation sites is 1. The average molecular weight is 445 g/mol. The maximum absolute atomic E-state index is 12.3. The summed E-state index contributed by atoms with van der Waals surface area (Å²) in [6.45, 7) is 1.56. The van der Waals surface area contributed by atoms with Crippen LogP contribution in [-0.4, -0.2) is 42.0 Å². The number of primary amides is 1. The van der Waals surface area contributed by atoms with Gasteiger partial charge in [0.15, 0.2) is 22.4 Å². The van der Waals surface area contributed by atoms with Crippen LogP contribution in [0.2, 0.25) is 0 Å². The van der Waals surface area contributed by atoms with Crippen LogP contribution in [0.5, 0.6) is 11.5 Å². The van der Waals surface area contributed by atoms with E-state index in [2.05, 4.69) is 15.5 Å². The monoisotopic (exact) mass is 444 g/mol. The number of carbonyl (C=O) groups excluding carboxylic acids is 2. The van der Waals surface area contributed by atoms with Crippen molar-refractivity contribution in [2.75, 3.05) is 13.7 Å². The van der Waals surface area contributed by atoms with Crippen molar-refractivity contribution in [1.82, 2.24) is 10.4 Å². The minimum Gasteiger partial charge on any atom is -0.493 e. The molecule has 0 radical (unpaired) electrons. The lowest BCUT2D eigenvalue weighted by Gasteiger charge is -2.10. The SMILES string of the molecule is COc1cc(/C=N\NC(=O)[C@H](C)Sc2nc3ccccc3s2)ccc1OCC(N)=O. The van der Waals surface area contributed by atoms with E-state index < -0.39 is 5.91 Å². The molecule has 0 saturated carbocycles. The molecule has 0 bridgehead atoms. The molecule has 3 N–H and O–H groups in total. The van der Waals surface area contributed by atoms with Crippen LogP contribution >= 0.6 is 23.1 Å². The Bertz CT molecular complexity index is 1050. The zero-order chi connectivity index (χ0) is 21.5. The molecule has 2 aromatic carbocycles. The molecule has 3 aromatic rings. The third-order valence-electron chi connectivity index (χ3n) is 3.87. The molecular formula is C20H20N4O4S2. The Morgan fingerprint density at radius 3 is 2.83 bits per heavy atom. The number of nitrogens with one attached hydrogen (secondary N) is 1. The van der Waals surface area contributed by atoms with E-state index in [9.17, 15) is 9.59 Å². The van der Waals surface area contributed by atoms with E-state index in [0.717, 1.165) is 14.6 Å². The van der Waals surface area contributed by atoms with E-state index in [1.807, 2.05) is 24.3 Å². The van der Waals surface area contributed by atoms with Crippen molar-refractivity contribution in [3.8, 4) is 11.5 Å². The lowest BCUT2D eigenvalue weighted by molar-refractivity contribution is -0.120. The van der Waals surface area contributed by atoms with Crippen molar-refractivity contribution in [2.45, 2.75) is 16.5 Å². The first kappa shape index (κ1) is 21.6. The van der Waals surface area contributed by atoms with Crippen LogP contribution in [0.4, 0.5) is 0 Å². The van der Waals surface area contributed by atoms with E-state index in [1.54, 1.807) is 36.5 Å². The van der Waals surface area contributed by atoms with Gasteiger partial charge in [-0.1, -0.05) is 23.9 Å². The fourth-order valence-corrected chi connectivity index (χ4v) is 4.61. The smallest absolute Gasteiger partial charge is 0.255 e. The molecule has 0 aliphatic carbocycles. The summed E-state index contributed by atoms with van der Waals surface area (Å²) < 4.78 is 12.4. The van der Waals surface area contributed by atoms with Crippen LogP contribution in [0.25, 0.3) is 10.2 Å². The van der Waals surface area contributed by atoms with Gasteiger partial charge in [0.1, 0.15) is 0 Å². The average Bonchev–Trinajstić information content (AvgIpc) is 3.14. The Kier molecular flexibility index (Phi) is 7.26. The van der Waals surface area contributed by atoms with Crippen LogP contribution in [0.1, 0.15) is 12.5 Å². The lowest BCUT2D eigenvalue weighted by atomic mass is 10.2. The number of nitrogens with zero attached hydrogens (tertiary/aromatic N) is 2. The number of benzene rings is 2. The highest BCUT2D eigenvalue weighted by molar-refractivity contribution is 8.02.